The molecule has 0 aromatic rings. The normalized spacial score (nSPS) is 24.9. The fourth-order valence-electron chi connectivity index (χ4n) is 2.10. The van der Waals surface area contributed by atoms with E-state index in [4.69, 9.17) is 4.99 Å². The van der Waals surface area contributed by atoms with Crippen molar-refractivity contribution in [3.63, 3.8) is 0 Å². The topological polar surface area (TPSA) is 39.7 Å². The Morgan fingerprint density at radius 3 is 2.47 bits per heavy atom. The van der Waals surface area contributed by atoms with Crippen LogP contribution in [0.5, 0.6) is 0 Å². The maximum Gasteiger partial charge on any atom is 0.191 e. The molecule has 1 saturated heterocycles. The molecule has 5 heteroatoms. The summed E-state index contributed by atoms with van der Waals surface area (Å²) in [5.74, 6) is 3.35. The Morgan fingerprint density at radius 1 is 1.37 bits per heavy atom. The summed E-state index contributed by atoms with van der Waals surface area (Å²) in [6.45, 7) is 10.3. The third-order valence-corrected chi connectivity index (χ3v) is 4.63. The second-order valence-corrected chi connectivity index (χ2v) is 7.60. The van der Waals surface area contributed by atoms with Crippen LogP contribution in [0.25, 0.3) is 0 Å². The van der Waals surface area contributed by atoms with Gasteiger partial charge in [0.25, 0.3) is 0 Å². The van der Waals surface area contributed by atoms with Crippen molar-refractivity contribution >= 4 is 17.7 Å². The minimum atomic E-state index is 0.0384. The van der Waals surface area contributed by atoms with Gasteiger partial charge >= 0.3 is 0 Å². The summed E-state index contributed by atoms with van der Waals surface area (Å²) in [7, 11) is 4.34. The Morgan fingerprint density at radius 2 is 2.05 bits per heavy atom. The highest BCUT2D eigenvalue weighted by atomic mass is 32.2. The first-order valence-corrected chi connectivity index (χ1v) is 8.26. The molecular weight excluding hydrogens is 256 g/mol. The van der Waals surface area contributed by atoms with Gasteiger partial charge in [-0.3, -0.25) is 4.99 Å². The van der Waals surface area contributed by atoms with E-state index in [0.29, 0.717) is 0 Å². The first-order chi connectivity index (χ1) is 8.79. The van der Waals surface area contributed by atoms with Gasteiger partial charge in [-0.05, 0) is 54.0 Å². The Bertz CT molecular complexity index is 301. The number of hydrogen-bond acceptors (Lipinski definition) is 3. The number of nitrogens with zero attached hydrogens (tertiary/aromatic N) is 2. The summed E-state index contributed by atoms with van der Waals surface area (Å²) in [6, 6.07) is 0. The molecular formula is C14H30N4S. The van der Waals surface area contributed by atoms with Crippen LogP contribution in [0.15, 0.2) is 4.99 Å². The molecule has 1 aliphatic rings. The van der Waals surface area contributed by atoms with Crippen LogP contribution < -0.4 is 10.6 Å². The molecule has 1 atom stereocenters. The van der Waals surface area contributed by atoms with Gasteiger partial charge in [-0.25, -0.2) is 0 Å². The van der Waals surface area contributed by atoms with Crippen LogP contribution in [0.3, 0.4) is 0 Å². The number of guanidine groups is 1. The van der Waals surface area contributed by atoms with Gasteiger partial charge in [0.1, 0.15) is 0 Å². The maximum atomic E-state index is 4.81. The molecule has 0 amide bonds. The molecule has 1 aliphatic heterocycles. The van der Waals surface area contributed by atoms with Crippen LogP contribution in [0.4, 0.5) is 0 Å². The van der Waals surface area contributed by atoms with Crippen molar-refractivity contribution in [1.29, 1.82) is 0 Å². The molecule has 0 bridgehead atoms. The van der Waals surface area contributed by atoms with Gasteiger partial charge in [-0.2, -0.15) is 11.8 Å². The lowest BCUT2D eigenvalue weighted by molar-refractivity contribution is 0.190. The number of nitrogens with one attached hydrogen (secondary N) is 2. The molecule has 1 unspecified atom stereocenters. The Hall–Kier alpha value is -0.420. The first-order valence-electron chi connectivity index (χ1n) is 7.11. The predicted molar refractivity (Wildman–Crippen MR) is 87.2 cm³/mol. The summed E-state index contributed by atoms with van der Waals surface area (Å²) in [5, 5.41) is 6.78. The molecule has 0 aromatic carbocycles. The van der Waals surface area contributed by atoms with Crippen molar-refractivity contribution in [3.05, 3.63) is 0 Å². The van der Waals surface area contributed by atoms with Crippen LogP contribution in [-0.2, 0) is 0 Å². The zero-order chi connectivity index (χ0) is 14.5. The fraction of sp³-hybridized carbons (Fsp3) is 0.929. The molecule has 19 heavy (non-hydrogen) atoms. The van der Waals surface area contributed by atoms with Gasteiger partial charge in [-0.1, -0.05) is 0 Å². The highest BCUT2D eigenvalue weighted by Gasteiger charge is 2.36. The summed E-state index contributed by atoms with van der Waals surface area (Å²) in [6.07, 6.45) is 1.23. The number of aliphatic imine (C=N–C) groups is 1. The van der Waals surface area contributed by atoms with Crippen molar-refractivity contribution in [2.75, 3.05) is 38.7 Å². The van der Waals surface area contributed by atoms with Gasteiger partial charge < -0.3 is 15.5 Å². The van der Waals surface area contributed by atoms with Crippen molar-refractivity contribution in [2.45, 2.75) is 45.2 Å². The van der Waals surface area contributed by atoms with Gasteiger partial charge in [0.05, 0.1) is 6.54 Å². The van der Waals surface area contributed by atoms with E-state index in [-0.39, 0.29) is 11.1 Å². The monoisotopic (exact) mass is 286 g/mol. The average molecular weight is 286 g/mol. The van der Waals surface area contributed by atoms with E-state index in [0.717, 1.165) is 19.0 Å². The molecule has 4 nitrogen and oxygen atoms in total. The highest BCUT2D eigenvalue weighted by molar-refractivity contribution is 7.99. The van der Waals surface area contributed by atoms with Crippen molar-refractivity contribution in [2.24, 2.45) is 4.99 Å². The smallest absolute Gasteiger partial charge is 0.191 e. The zero-order valence-corrected chi connectivity index (χ0v) is 14.2. The van der Waals surface area contributed by atoms with E-state index >= 15 is 0 Å². The summed E-state index contributed by atoms with van der Waals surface area (Å²) in [4.78, 5) is 7.16. The largest absolute Gasteiger partial charge is 0.357 e. The third-order valence-electron chi connectivity index (χ3n) is 3.40. The summed E-state index contributed by atoms with van der Waals surface area (Å²) in [5.41, 5.74) is 0.265. The lowest BCUT2D eigenvalue weighted by Gasteiger charge is -2.34. The maximum absolute atomic E-state index is 4.81. The van der Waals surface area contributed by atoms with Gasteiger partial charge in [0.2, 0.25) is 0 Å². The Kier molecular flexibility index (Phi) is 5.99. The lowest BCUT2D eigenvalue weighted by atomic mass is 9.98. The molecule has 1 heterocycles. The summed E-state index contributed by atoms with van der Waals surface area (Å²) < 4.78 is 0. The minimum Gasteiger partial charge on any atom is -0.357 e. The first kappa shape index (κ1) is 16.6. The average Bonchev–Trinajstić information content (AvgIpc) is 2.74. The molecule has 1 rings (SSSR count). The number of rotatable bonds is 4. The predicted octanol–water partition coefficient (Wildman–Crippen LogP) is 1.78. The molecule has 0 spiro atoms. The molecule has 2 N–H and O–H groups in total. The molecule has 0 radical (unpaired) electrons. The molecule has 0 saturated carbocycles. The van der Waals surface area contributed by atoms with E-state index in [1.165, 1.54) is 17.9 Å². The van der Waals surface area contributed by atoms with E-state index in [1.807, 2.05) is 11.8 Å². The summed E-state index contributed by atoms with van der Waals surface area (Å²) >= 11 is 2.04. The van der Waals surface area contributed by atoms with E-state index in [1.54, 1.807) is 0 Å². The molecule has 0 aromatic heterocycles. The van der Waals surface area contributed by atoms with Gasteiger partial charge in [-0.15, -0.1) is 0 Å². The quantitative estimate of drug-likeness (QED) is 0.610. The Balaban J connectivity index is 2.73. The van der Waals surface area contributed by atoms with E-state index in [9.17, 15) is 0 Å². The molecule has 112 valence electrons. The van der Waals surface area contributed by atoms with E-state index < -0.39 is 0 Å². The van der Waals surface area contributed by atoms with E-state index in [2.05, 4.69) is 57.3 Å². The zero-order valence-electron chi connectivity index (χ0n) is 13.3. The minimum absolute atomic E-state index is 0.0384. The van der Waals surface area contributed by atoms with Crippen molar-refractivity contribution in [3.8, 4) is 0 Å². The number of hydrogen-bond donors (Lipinski definition) is 2. The van der Waals surface area contributed by atoms with Gasteiger partial charge in [0, 0.05) is 23.4 Å². The fourth-order valence-corrected chi connectivity index (χ4v) is 3.65. The number of thioether (sulfide) groups is 1. The van der Waals surface area contributed by atoms with Crippen LogP contribution in [0.2, 0.25) is 0 Å². The SMILES string of the molecule is CCNC(=NCC1(N(C)C)CCSC1)NC(C)(C)C. The highest BCUT2D eigenvalue weighted by Crippen LogP contribution is 2.32. The lowest BCUT2D eigenvalue weighted by Crippen LogP contribution is -2.51. The second-order valence-electron chi connectivity index (χ2n) is 6.49. The Labute approximate surface area is 122 Å². The van der Waals surface area contributed by atoms with Gasteiger partial charge in [0.15, 0.2) is 5.96 Å². The van der Waals surface area contributed by atoms with Crippen LogP contribution in [0.1, 0.15) is 34.1 Å². The van der Waals surface area contributed by atoms with Crippen molar-refractivity contribution < 1.29 is 0 Å². The standard InChI is InChI=1S/C14H30N4S/c1-7-15-12(17-13(2,3)4)16-10-14(18(5)6)8-9-19-11-14/h7-11H2,1-6H3,(H2,15,16,17). The van der Waals surface area contributed by atoms with Crippen molar-refractivity contribution in [1.82, 2.24) is 15.5 Å². The second kappa shape index (κ2) is 6.84. The van der Waals surface area contributed by atoms with Crippen LogP contribution in [-0.4, -0.2) is 60.6 Å². The van der Waals surface area contributed by atoms with Crippen LogP contribution in [0, 0.1) is 0 Å². The number of likely N-dealkylation sites (N-methyl/N-ethyl adjacent to an activating group) is 1. The molecule has 0 aliphatic carbocycles. The van der Waals surface area contributed by atoms with Crippen LogP contribution >= 0.6 is 11.8 Å². The third kappa shape index (κ3) is 5.22. The molecule has 1 fully saturated rings.